The molecule has 0 bridgehead atoms. The van der Waals surface area contributed by atoms with Crippen LogP contribution in [0, 0.1) is 17.8 Å². The van der Waals surface area contributed by atoms with E-state index in [0.29, 0.717) is 0 Å². The van der Waals surface area contributed by atoms with Crippen molar-refractivity contribution < 1.29 is 0 Å². The molecule has 0 nitrogen and oxygen atoms in total. The van der Waals surface area contributed by atoms with Crippen molar-refractivity contribution in [2.75, 3.05) is 0 Å². The minimum atomic E-state index is 0.944. The third-order valence-corrected chi connectivity index (χ3v) is 3.20. The van der Waals surface area contributed by atoms with E-state index in [1.165, 1.54) is 24.8 Å². The fraction of sp³-hybridized carbons (Fsp3) is 0.778. The Labute approximate surface area is 57.0 Å². The molecule has 0 heteroatoms. The maximum Gasteiger partial charge on any atom is -0.0172 e. The lowest BCUT2D eigenvalue weighted by molar-refractivity contribution is 0.271. The highest BCUT2D eigenvalue weighted by Gasteiger charge is 2.42. The monoisotopic (exact) mass is 122 g/mol. The van der Waals surface area contributed by atoms with Crippen LogP contribution in [-0.2, 0) is 0 Å². The molecule has 2 aliphatic rings. The molecule has 2 rings (SSSR count). The van der Waals surface area contributed by atoms with Gasteiger partial charge in [-0.25, -0.2) is 0 Å². The zero-order valence-corrected chi connectivity index (χ0v) is 6.06. The molecule has 0 spiro atoms. The van der Waals surface area contributed by atoms with Crippen LogP contribution in [0.2, 0.25) is 0 Å². The van der Waals surface area contributed by atoms with E-state index in [4.69, 9.17) is 0 Å². The van der Waals surface area contributed by atoms with Crippen LogP contribution in [0.25, 0.3) is 0 Å². The number of hydrogen-bond donors (Lipinski definition) is 0. The van der Waals surface area contributed by atoms with E-state index in [2.05, 4.69) is 13.5 Å². The molecule has 0 aliphatic heterocycles. The van der Waals surface area contributed by atoms with E-state index >= 15 is 0 Å². The molecular weight excluding hydrogens is 108 g/mol. The van der Waals surface area contributed by atoms with Gasteiger partial charge in [-0.15, -0.1) is 0 Å². The molecule has 0 N–H and O–H groups in total. The largest absolute Gasteiger partial charge is 0.0996 e. The summed E-state index contributed by atoms with van der Waals surface area (Å²) in [6, 6.07) is 0. The summed E-state index contributed by atoms with van der Waals surface area (Å²) in [5.74, 6) is 2.98. The summed E-state index contributed by atoms with van der Waals surface area (Å²) >= 11 is 0. The summed E-state index contributed by atoms with van der Waals surface area (Å²) in [5, 5.41) is 0. The van der Waals surface area contributed by atoms with Crippen molar-refractivity contribution in [3.8, 4) is 0 Å². The minimum absolute atomic E-state index is 0.944. The van der Waals surface area contributed by atoms with Crippen molar-refractivity contribution in [1.82, 2.24) is 0 Å². The fourth-order valence-electron chi connectivity index (χ4n) is 2.41. The Morgan fingerprint density at radius 2 is 2.22 bits per heavy atom. The lowest BCUT2D eigenvalue weighted by Gasteiger charge is -2.35. The second-order valence-electron chi connectivity index (χ2n) is 3.69. The van der Waals surface area contributed by atoms with Crippen molar-refractivity contribution in [2.45, 2.75) is 26.2 Å². The molecule has 2 fully saturated rings. The highest BCUT2D eigenvalue weighted by Crippen LogP contribution is 2.52. The van der Waals surface area contributed by atoms with Gasteiger partial charge in [-0.05, 0) is 37.0 Å². The fourth-order valence-corrected chi connectivity index (χ4v) is 2.41. The second kappa shape index (κ2) is 1.62. The molecule has 50 valence electrons. The third-order valence-electron chi connectivity index (χ3n) is 3.20. The lowest BCUT2D eigenvalue weighted by atomic mass is 9.70. The molecular formula is C9H14. The standard InChI is InChI=1S/C9H14/c1-6-3-4-8-7(2)5-9(6)8/h6,8-9H,2-5H2,1H3/t6-,8-,9-/m1/s1. The van der Waals surface area contributed by atoms with Gasteiger partial charge in [0.15, 0.2) is 0 Å². The molecule has 0 aromatic rings. The average Bonchev–Trinajstić information content (AvgIpc) is 2.07. The van der Waals surface area contributed by atoms with E-state index in [1.807, 2.05) is 0 Å². The average molecular weight is 122 g/mol. The molecule has 0 radical (unpaired) electrons. The first-order valence-electron chi connectivity index (χ1n) is 3.96. The second-order valence-corrected chi connectivity index (χ2v) is 3.69. The molecule has 0 amide bonds. The summed E-state index contributed by atoms with van der Waals surface area (Å²) in [5.41, 5.74) is 1.53. The maximum atomic E-state index is 4.04. The van der Waals surface area contributed by atoms with Crippen LogP contribution >= 0.6 is 0 Å². The summed E-state index contributed by atoms with van der Waals surface area (Å²) in [6.45, 7) is 6.42. The highest BCUT2D eigenvalue weighted by molar-refractivity contribution is 5.17. The number of allylic oxidation sites excluding steroid dienone is 1. The van der Waals surface area contributed by atoms with Gasteiger partial charge >= 0.3 is 0 Å². The maximum absolute atomic E-state index is 4.04. The normalized spacial score (nSPS) is 48.6. The third kappa shape index (κ3) is 0.593. The van der Waals surface area contributed by atoms with Crippen molar-refractivity contribution in [3.05, 3.63) is 12.2 Å². The molecule has 0 aromatic heterocycles. The molecule has 2 saturated carbocycles. The van der Waals surface area contributed by atoms with Crippen molar-refractivity contribution in [1.29, 1.82) is 0 Å². The van der Waals surface area contributed by atoms with Gasteiger partial charge in [-0.1, -0.05) is 19.1 Å². The molecule has 0 unspecified atom stereocenters. The molecule has 0 saturated heterocycles. The molecule has 2 aliphatic carbocycles. The predicted molar refractivity (Wildman–Crippen MR) is 39.1 cm³/mol. The minimum Gasteiger partial charge on any atom is -0.0996 e. The van der Waals surface area contributed by atoms with Gasteiger partial charge in [-0.2, -0.15) is 0 Å². The van der Waals surface area contributed by atoms with E-state index in [-0.39, 0.29) is 0 Å². The van der Waals surface area contributed by atoms with Crippen LogP contribution in [0.1, 0.15) is 26.2 Å². The highest BCUT2D eigenvalue weighted by atomic mass is 14.5. The van der Waals surface area contributed by atoms with E-state index in [0.717, 1.165) is 17.8 Å². The van der Waals surface area contributed by atoms with Gasteiger partial charge < -0.3 is 0 Å². The number of hydrogen-bond acceptors (Lipinski definition) is 0. The predicted octanol–water partition coefficient (Wildman–Crippen LogP) is 2.61. The first kappa shape index (κ1) is 5.52. The quantitative estimate of drug-likeness (QED) is 0.433. The van der Waals surface area contributed by atoms with Gasteiger partial charge in [0.25, 0.3) is 0 Å². The van der Waals surface area contributed by atoms with Crippen molar-refractivity contribution in [3.63, 3.8) is 0 Å². The topological polar surface area (TPSA) is 0 Å². The SMILES string of the molecule is C=C1C[C@@H]2[C@H](C)CC[C@H]12. The van der Waals surface area contributed by atoms with Gasteiger partial charge in [0, 0.05) is 0 Å². The van der Waals surface area contributed by atoms with Gasteiger partial charge in [0.1, 0.15) is 0 Å². The van der Waals surface area contributed by atoms with Crippen molar-refractivity contribution >= 4 is 0 Å². The molecule has 0 aromatic carbocycles. The van der Waals surface area contributed by atoms with E-state index in [1.54, 1.807) is 0 Å². The zero-order valence-electron chi connectivity index (χ0n) is 6.06. The van der Waals surface area contributed by atoms with Crippen molar-refractivity contribution in [2.24, 2.45) is 17.8 Å². The van der Waals surface area contributed by atoms with E-state index < -0.39 is 0 Å². The number of fused-ring (bicyclic) bond motifs is 1. The Morgan fingerprint density at radius 1 is 1.44 bits per heavy atom. The first-order valence-corrected chi connectivity index (χ1v) is 3.96. The van der Waals surface area contributed by atoms with Crippen LogP contribution < -0.4 is 0 Å². The summed E-state index contributed by atoms with van der Waals surface area (Å²) in [6.07, 6.45) is 4.23. The molecule has 9 heavy (non-hydrogen) atoms. The van der Waals surface area contributed by atoms with Gasteiger partial charge in [0.05, 0.1) is 0 Å². The lowest BCUT2D eigenvalue weighted by Crippen LogP contribution is -2.26. The van der Waals surface area contributed by atoms with Crippen LogP contribution in [0.15, 0.2) is 12.2 Å². The van der Waals surface area contributed by atoms with Crippen LogP contribution in [0.5, 0.6) is 0 Å². The summed E-state index contributed by atoms with van der Waals surface area (Å²) in [4.78, 5) is 0. The molecule has 0 heterocycles. The first-order chi connectivity index (χ1) is 4.29. The van der Waals surface area contributed by atoms with Crippen LogP contribution in [0.3, 0.4) is 0 Å². The van der Waals surface area contributed by atoms with Crippen LogP contribution in [0.4, 0.5) is 0 Å². The van der Waals surface area contributed by atoms with Gasteiger partial charge in [-0.3, -0.25) is 0 Å². The smallest absolute Gasteiger partial charge is 0.0172 e. The van der Waals surface area contributed by atoms with Crippen LogP contribution in [-0.4, -0.2) is 0 Å². The summed E-state index contributed by atoms with van der Waals surface area (Å²) in [7, 11) is 0. The molecule has 3 atom stereocenters. The summed E-state index contributed by atoms with van der Waals surface area (Å²) < 4.78 is 0. The van der Waals surface area contributed by atoms with E-state index in [9.17, 15) is 0 Å². The Bertz CT molecular complexity index is 146. The Morgan fingerprint density at radius 3 is 2.67 bits per heavy atom. The Kier molecular flexibility index (Phi) is 0.992. The Hall–Kier alpha value is -0.260. The Balaban J connectivity index is 2.11. The number of rotatable bonds is 0. The van der Waals surface area contributed by atoms with Gasteiger partial charge in [0.2, 0.25) is 0 Å². The zero-order chi connectivity index (χ0) is 6.43.